The van der Waals surface area contributed by atoms with Crippen LogP contribution in [0.5, 0.6) is 11.5 Å². The number of amides is 2. The topological polar surface area (TPSA) is 45.3 Å². The van der Waals surface area contributed by atoms with Crippen molar-refractivity contribution in [2.75, 3.05) is 40.0 Å². The van der Waals surface area contributed by atoms with Crippen LogP contribution in [-0.2, 0) is 13.1 Å². The number of fused-ring (bicyclic) bond motifs is 1. The normalized spacial score (nSPS) is 16.4. The maximum atomic E-state index is 12.7. The number of urea groups is 1. The van der Waals surface area contributed by atoms with Crippen molar-refractivity contribution in [3.05, 3.63) is 59.7 Å². The Kier molecular flexibility index (Phi) is 5.16. The van der Waals surface area contributed by atoms with E-state index in [9.17, 15) is 4.79 Å². The van der Waals surface area contributed by atoms with E-state index >= 15 is 0 Å². The van der Waals surface area contributed by atoms with Crippen molar-refractivity contribution in [1.82, 2.24) is 14.7 Å². The minimum Gasteiger partial charge on any atom is -0.454 e. The number of carbonyl (C=O) groups excluding carboxylic acids is 1. The van der Waals surface area contributed by atoms with Crippen molar-refractivity contribution in [3.63, 3.8) is 0 Å². The number of benzene rings is 2. The Morgan fingerprint density at radius 1 is 0.963 bits per heavy atom. The van der Waals surface area contributed by atoms with Crippen LogP contribution in [0.3, 0.4) is 0 Å². The summed E-state index contributed by atoms with van der Waals surface area (Å²) in [4.78, 5) is 18.8. The summed E-state index contributed by atoms with van der Waals surface area (Å²) in [6, 6.07) is 16.3. The molecular formula is C21H25N3O3. The molecule has 2 aromatic rings. The van der Waals surface area contributed by atoms with Gasteiger partial charge in [-0.1, -0.05) is 36.4 Å². The molecule has 2 aromatic carbocycles. The van der Waals surface area contributed by atoms with Gasteiger partial charge in [0.05, 0.1) is 0 Å². The predicted molar refractivity (Wildman–Crippen MR) is 103 cm³/mol. The number of nitrogens with zero attached hydrogens (tertiary/aromatic N) is 3. The van der Waals surface area contributed by atoms with Gasteiger partial charge in [0.1, 0.15) is 0 Å². The lowest BCUT2D eigenvalue weighted by Crippen LogP contribution is -2.51. The van der Waals surface area contributed by atoms with Crippen molar-refractivity contribution in [3.8, 4) is 11.5 Å². The maximum Gasteiger partial charge on any atom is 0.320 e. The summed E-state index contributed by atoms with van der Waals surface area (Å²) in [5.41, 5.74) is 2.36. The van der Waals surface area contributed by atoms with E-state index in [0.29, 0.717) is 13.3 Å². The molecule has 142 valence electrons. The molecule has 1 saturated heterocycles. The minimum absolute atomic E-state index is 0.0987. The highest BCUT2D eigenvalue weighted by atomic mass is 16.7. The molecule has 0 radical (unpaired) electrons. The van der Waals surface area contributed by atoms with Crippen LogP contribution in [0.15, 0.2) is 48.5 Å². The summed E-state index contributed by atoms with van der Waals surface area (Å²) in [6.07, 6.45) is 0. The highest BCUT2D eigenvalue weighted by Gasteiger charge is 2.24. The Bertz CT molecular complexity index is 789. The van der Waals surface area contributed by atoms with Gasteiger partial charge in [-0.3, -0.25) is 4.90 Å². The summed E-state index contributed by atoms with van der Waals surface area (Å²) in [5, 5.41) is 0. The van der Waals surface area contributed by atoms with Gasteiger partial charge in [-0.2, -0.15) is 0 Å². The van der Waals surface area contributed by atoms with Crippen LogP contribution in [-0.4, -0.2) is 60.8 Å². The molecule has 0 unspecified atom stereocenters. The van der Waals surface area contributed by atoms with Crippen LogP contribution in [0.1, 0.15) is 11.1 Å². The zero-order valence-electron chi connectivity index (χ0n) is 15.6. The molecule has 0 bridgehead atoms. The van der Waals surface area contributed by atoms with Crippen LogP contribution in [0, 0.1) is 0 Å². The first-order valence-corrected chi connectivity index (χ1v) is 9.34. The van der Waals surface area contributed by atoms with Gasteiger partial charge in [0.25, 0.3) is 0 Å². The number of carbonyl (C=O) groups is 1. The average molecular weight is 367 g/mol. The zero-order valence-corrected chi connectivity index (χ0v) is 15.6. The van der Waals surface area contributed by atoms with E-state index in [1.807, 2.05) is 54.4 Å². The van der Waals surface area contributed by atoms with E-state index in [0.717, 1.165) is 49.8 Å². The van der Waals surface area contributed by atoms with Crippen LogP contribution in [0.4, 0.5) is 4.79 Å². The Balaban J connectivity index is 1.27. The van der Waals surface area contributed by atoms with Crippen molar-refractivity contribution in [2.24, 2.45) is 0 Å². The molecule has 0 spiro atoms. The van der Waals surface area contributed by atoms with Crippen LogP contribution < -0.4 is 9.47 Å². The van der Waals surface area contributed by atoms with Gasteiger partial charge in [0.2, 0.25) is 6.79 Å². The lowest BCUT2D eigenvalue weighted by Gasteiger charge is -2.36. The van der Waals surface area contributed by atoms with Crippen molar-refractivity contribution >= 4 is 6.03 Å². The van der Waals surface area contributed by atoms with E-state index in [1.165, 1.54) is 5.56 Å². The molecule has 2 heterocycles. The third kappa shape index (κ3) is 4.17. The second-order valence-electron chi connectivity index (χ2n) is 7.08. The molecule has 0 aromatic heterocycles. The number of hydrogen-bond acceptors (Lipinski definition) is 4. The second-order valence-corrected chi connectivity index (χ2v) is 7.08. The van der Waals surface area contributed by atoms with Gasteiger partial charge >= 0.3 is 6.03 Å². The molecule has 6 heteroatoms. The number of ether oxygens (including phenoxy) is 2. The summed E-state index contributed by atoms with van der Waals surface area (Å²) in [7, 11) is 1.87. The van der Waals surface area contributed by atoms with Gasteiger partial charge in [0.15, 0.2) is 11.5 Å². The van der Waals surface area contributed by atoms with E-state index in [2.05, 4.69) is 11.0 Å². The lowest BCUT2D eigenvalue weighted by molar-refractivity contribution is 0.114. The van der Waals surface area contributed by atoms with E-state index in [4.69, 9.17) is 9.47 Å². The standard InChI is InChI=1S/C21H25N3O3/c1-22(14-17-5-3-2-4-6-17)21(25)24-11-9-23(10-12-24)15-18-7-8-19-20(13-18)27-16-26-19/h2-8,13H,9-12,14-16H2,1H3. The average Bonchev–Trinajstić information content (AvgIpc) is 3.16. The fourth-order valence-electron chi connectivity index (χ4n) is 3.56. The van der Waals surface area contributed by atoms with Gasteiger partial charge in [-0.15, -0.1) is 0 Å². The molecule has 6 nitrogen and oxygen atoms in total. The maximum absolute atomic E-state index is 12.7. The predicted octanol–water partition coefficient (Wildman–Crippen LogP) is 2.78. The van der Waals surface area contributed by atoms with Gasteiger partial charge in [-0.05, 0) is 23.3 Å². The molecule has 2 aliphatic heterocycles. The van der Waals surface area contributed by atoms with Crippen LogP contribution in [0.2, 0.25) is 0 Å². The largest absolute Gasteiger partial charge is 0.454 e. The van der Waals surface area contributed by atoms with Crippen molar-refractivity contribution < 1.29 is 14.3 Å². The zero-order chi connectivity index (χ0) is 18.6. The first-order valence-electron chi connectivity index (χ1n) is 9.34. The van der Waals surface area contributed by atoms with Crippen molar-refractivity contribution in [2.45, 2.75) is 13.1 Å². The third-order valence-corrected chi connectivity index (χ3v) is 5.08. The highest BCUT2D eigenvalue weighted by Crippen LogP contribution is 2.32. The smallest absolute Gasteiger partial charge is 0.320 e. The molecule has 0 saturated carbocycles. The summed E-state index contributed by atoms with van der Waals surface area (Å²) >= 11 is 0. The molecule has 0 N–H and O–H groups in total. The van der Waals surface area contributed by atoms with Crippen LogP contribution in [0.25, 0.3) is 0 Å². The lowest BCUT2D eigenvalue weighted by atomic mass is 10.1. The second kappa shape index (κ2) is 7.88. The molecular weight excluding hydrogens is 342 g/mol. The Morgan fingerprint density at radius 3 is 2.48 bits per heavy atom. The molecule has 0 atom stereocenters. The van der Waals surface area contributed by atoms with Crippen molar-refractivity contribution in [1.29, 1.82) is 0 Å². The third-order valence-electron chi connectivity index (χ3n) is 5.08. The number of rotatable bonds is 4. The molecule has 0 aliphatic carbocycles. The minimum atomic E-state index is 0.0987. The SMILES string of the molecule is CN(Cc1ccccc1)C(=O)N1CCN(Cc2ccc3c(c2)OCO3)CC1. The first-order chi connectivity index (χ1) is 13.2. The Hall–Kier alpha value is -2.73. The number of piperazine rings is 1. The van der Waals surface area contributed by atoms with E-state index < -0.39 is 0 Å². The Labute approximate surface area is 159 Å². The van der Waals surface area contributed by atoms with E-state index in [-0.39, 0.29) is 6.03 Å². The van der Waals surface area contributed by atoms with Gasteiger partial charge in [0, 0.05) is 46.3 Å². The van der Waals surface area contributed by atoms with Gasteiger partial charge < -0.3 is 19.3 Å². The summed E-state index contributed by atoms with van der Waals surface area (Å²) in [6.45, 7) is 5.05. The fraction of sp³-hybridized carbons (Fsp3) is 0.381. The quantitative estimate of drug-likeness (QED) is 0.834. The Morgan fingerprint density at radius 2 is 1.70 bits per heavy atom. The molecule has 2 amide bonds. The monoisotopic (exact) mass is 367 g/mol. The molecule has 4 rings (SSSR count). The van der Waals surface area contributed by atoms with Crippen LogP contribution >= 0.6 is 0 Å². The first kappa shape index (κ1) is 17.7. The molecule has 27 heavy (non-hydrogen) atoms. The summed E-state index contributed by atoms with van der Waals surface area (Å²) in [5.74, 6) is 1.64. The fourth-order valence-corrected chi connectivity index (χ4v) is 3.56. The summed E-state index contributed by atoms with van der Waals surface area (Å²) < 4.78 is 10.8. The number of hydrogen-bond donors (Lipinski definition) is 0. The van der Waals surface area contributed by atoms with Gasteiger partial charge in [-0.25, -0.2) is 4.79 Å². The highest BCUT2D eigenvalue weighted by molar-refractivity contribution is 5.74. The van der Waals surface area contributed by atoms with E-state index in [1.54, 1.807) is 4.90 Å². The molecule has 1 fully saturated rings. The molecule has 2 aliphatic rings.